The van der Waals surface area contributed by atoms with Crippen molar-refractivity contribution in [1.29, 1.82) is 0 Å². The zero-order valence-corrected chi connectivity index (χ0v) is 49.9. The third kappa shape index (κ3) is 18.8. The Morgan fingerprint density at radius 2 is 1.34 bits per heavy atom. The first-order valence-corrected chi connectivity index (χ1v) is 28.8. The minimum absolute atomic E-state index is 0.0238. The highest BCUT2D eigenvalue weighted by molar-refractivity contribution is 7.11. The maximum absolute atomic E-state index is 14.0. The summed E-state index contributed by atoms with van der Waals surface area (Å²) in [5.74, 6) is -7.39. The normalized spacial score (nSPS) is 20.2. The van der Waals surface area contributed by atoms with Gasteiger partial charge in [0.15, 0.2) is 29.6 Å². The molecule has 3 aliphatic rings. The molecule has 2 aromatic heterocycles. The van der Waals surface area contributed by atoms with Crippen molar-refractivity contribution < 1.29 is 68.3 Å². The zero-order chi connectivity index (χ0) is 61.4. The molecule has 2 heterocycles. The summed E-state index contributed by atoms with van der Waals surface area (Å²) in [6, 6.07) is 20.1. The fourth-order valence-electron chi connectivity index (χ4n) is 9.67. The molecule has 0 bridgehead atoms. The maximum atomic E-state index is 14.0. The van der Waals surface area contributed by atoms with Crippen LogP contribution in [0.2, 0.25) is 0 Å². The number of aliphatic hydroxyl groups is 2. The van der Waals surface area contributed by atoms with E-state index in [9.17, 15) is 58.8 Å². The minimum Gasteiger partial charge on any atom is -0.516 e. The van der Waals surface area contributed by atoms with Gasteiger partial charge in [-0.2, -0.15) is 0 Å². The molecule has 3 aliphatic carbocycles. The second-order valence-corrected chi connectivity index (χ2v) is 20.3. The summed E-state index contributed by atoms with van der Waals surface area (Å²) in [5, 5.41) is 56.8. The van der Waals surface area contributed by atoms with Crippen molar-refractivity contribution in [3.05, 3.63) is 164 Å². The Morgan fingerprint density at radius 1 is 0.793 bits per heavy atom. The van der Waals surface area contributed by atoms with Gasteiger partial charge in [-0.1, -0.05) is 79.0 Å². The number of likely N-dealkylation sites (N-methyl/N-ethyl adjacent to an activating group) is 1. The molecule has 0 radical (unpaired) electrons. The van der Waals surface area contributed by atoms with E-state index in [0.29, 0.717) is 29.7 Å². The van der Waals surface area contributed by atoms with Crippen LogP contribution in [0.15, 0.2) is 143 Å². The number of allylic oxidation sites excluding steroid dienone is 6. The number of aldehydes is 3. The van der Waals surface area contributed by atoms with Crippen LogP contribution in [-0.2, 0) is 28.7 Å². The Labute approximate surface area is 489 Å². The zero-order valence-electron chi connectivity index (χ0n) is 48.3. The summed E-state index contributed by atoms with van der Waals surface area (Å²) >= 11 is 2.91. The molecule has 2 aromatic carbocycles. The van der Waals surface area contributed by atoms with Crippen molar-refractivity contribution in [2.24, 2.45) is 29.6 Å². The van der Waals surface area contributed by atoms with E-state index in [0.717, 1.165) is 66.4 Å². The fourth-order valence-corrected chi connectivity index (χ4v) is 10.7. The van der Waals surface area contributed by atoms with Crippen molar-refractivity contribution in [3.8, 4) is 0 Å². The molecule has 0 spiro atoms. The van der Waals surface area contributed by atoms with Gasteiger partial charge in [0.2, 0.25) is 11.8 Å². The predicted molar refractivity (Wildman–Crippen MR) is 322 cm³/mol. The smallest absolute Gasteiger partial charge is 0.330 e. The van der Waals surface area contributed by atoms with Gasteiger partial charge in [-0.15, -0.1) is 22.7 Å². The maximum Gasteiger partial charge on any atom is 0.330 e. The van der Waals surface area contributed by atoms with Gasteiger partial charge in [0.25, 0.3) is 5.91 Å². The number of carboxylic acids is 2. The van der Waals surface area contributed by atoms with Gasteiger partial charge < -0.3 is 51.2 Å². The average molecular weight is 1170 g/mol. The molecule has 82 heavy (non-hydrogen) atoms. The highest BCUT2D eigenvalue weighted by atomic mass is 32.1. The van der Waals surface area contributed by atoms with Crippen LogP contribution in [0.3, 0.4) is 0 Å². The molecular formula is C62H80N4O14S2. The van der Waals surface area contributed by atoms with E-state index in [1.807, 2.05) is 64.4 Å². The van der Waals surface area contributed by atoms with Crippen LogP contribution in [0.4, 0.5) is 11.4 Å². The summed E-state index contributed by atoms with van der Waals surface area (Å²) in [5.41, 5.74) is -2.26. The summed E-state index contributed by atoms with van der Waals surface area (Å²) in [6.45, 7) is 13.4. The third-order valence-electron chi connectivity index (χ3n) is 13.5. The highest BCUT2D eigenvalue weighted by Crippen LogP contribution is 2.61. The van der Waals surface area contributed by atoms with Crippen LogP contribution in [0, 0.1) is 29.6 Å². The number of hydrogen-bond acceptors (Lipinski definition) is 15. The second kappa shape index (κ2) is 36.4. The molecule has 6 atom stereocenters. The number of nitrogens with one attached hydrogen (secondary N) is 4. The van der Waals surface area contributed by atoms with Crippen molar-refractivity contribution >= 4 is 82.6 Å². The lowest BCUT2D eigenvalue weighted by Gasteiger charge is -2.66. The van der Waals surface area contributed by atoms with E-state index in [-0.39, 0.29) is 52.7 Å². The number of aliphatic hydroxyl groups excluding tert-OH is 2. The molecule has 3 amide bonds. The van der Waals surface area contributed by atoms with Gasteiger partial charge in [-0.3, -0.25) is 33.6 Å². The van der Waals surface area contributed by atoms with E-state index in [1.54, 1.807) is 43.3 Å². The number of rotatable bonds is 20. The summed E-state index contributed by atoms with van der Waals surface area (Å²) < 4.78 is 10.6. The van der Waals surface area contributed by atoms with Crippen LogP contribution < -0.4 is 21.3 Å². The number of aliphatic carboxylic acids is 2. The molecule has 6 unspecified atom stereocenters. The van der Waals surface area contributed by atoms with Crippen LogP contribution >= 0.6 is 22.7 Å². The van der Waals surface area contributed by atoms with Crippen LogP contribution in [0.1, 0.15) is 133 Å². The number of anilines is 2. The highest BCUT2D eigenvalue weighted by Gasteiger charge is 2.80. The number of carbonyl (C=O) groups is 8. The number of benzene rings is 2. The average Bonchev–Trinajstić information content (AvgIpc) is 2.00. The molecule has 444 valence electrons. The first-order chi connectivity index (χ1) is 39.4. The van der Waals surface area contributed by atoms with Crippen molar-refractivity contribution in [2.45, 2.75) is 104 Å². The number of amides is 3. The Hall–Kier alpha value is -7.94. The van der Waals surface area contributed by atoms with E-state index in [4.69, 9.17) is 9.47 Å². The molecule has 0 aliphatic heterocycles. The number of thiophene rings is 2. The number of ether oxygens (including phenoxy) is 2. The van der Waals surface area contributed by atoms with Crippen LogP contribution in [-0.4, -0.2) is 101 Å². The Kier molecular flexibility index (Phi) is 31.2. The van der Waals surface area contributed by atoms with Crippen molar-refractivity contribution in [3.63, 3.8) is 0 Å². The third-order valence-corrected chi connectivity index (χ3v) is 15.1. The Morgan fingerprint density at radius 3 is 1.78 bits per heavy atom. The molecule has 20 heteroatoms. The standard InChI is InChI=1S/C35H45N3O10.C13H15NO2.2C5H4OS.2C2H6/c1-7-9-20(2)30(41)37-25-14-11-22(12-15-25)31(42)38-35(33(45)46)28(23(10-8-17-39)18-21(3)47-5)34(36-4,32(43)44)29(35)24-13-16-26(40)27(19-24)48-6;15-9-10-5-7-12(8-6-10)14-13(16)11-3-1-2-4-11;2*6-4-5-2-1-3-7-5;2*1-2/h8,10-12,14-20,24,28-29,36,39-40H,7,9,13H2,1-6H3,(H,37,41)(H,38,42)(H,43,44)(H,45,46);5-9,11H,1-4H2,(H,14,16);2*1-4H;2*1-2H3/b17-8+,21-18+,23-10+;;;;;. The fraction of sp³-hybridized carbons (Fsp3) is 0.387. The molecule has 4 aromatic rings. The van der Waals surface area contributed by atoms with Crippen molar-refractivity contribution in [1.82, 2.24) is 10.6 Å². The van der Waals surface area contributed by atoms with Gasteiger partial charge in [-0.05, 0) is 147 Å². The first kappa shape index (κ1) is 70.2. The SMILES string of the molecule is CC.CC.CCCC(C)C(=O)Nc1ccc(C(=O)NC2(C(=O)O)C(C(=C/C=C/O)/C=C(\C)OC)C(NC)(C(=O)O)C2C2C=C(OC)C(O)=CC2)cc1.O=Cc1ccc(NC(=O)C2CCCC2)cc1.O=Cc1cccs1.O=Cc1cccs1. The number of methoxy groups -OCH3 is 2. The van der Waals surface area contributed by atoms with Gasteiger partial charge in [0, 0.05) is 46.2 Å². The second-order valence-electron chi connectivity index (χ2n) is 18.4. The first-order valence-electron chi connectivity index (χ1n) is 27.1. The monoisotopic (exact) mass is 1170 g/mol. The quantitative estimate of drug-likeness (QED) is 0.0232. The van der Waals surface area contributed by atoms with Crippen LogP contribution in [0.5, 0.6) is 0 Å². The van der Waals surface area contributed by atoms with E-state index >= 15 is 0 Å². The number of carbonyl (C=O) groups excluding carboxylic acids is 6. The Bertz CT molecular complexity index is 2780. The Balaban J connectivity index is 0.000000537. The molecule has 8 N–H and O–H groups in total. The van der Waals surface area contributed by atoms with Gasteiger partial charge in [0.05, 0.1) is 36.0 Å². The lowest BCUT2D eigenvalue weighted by molar-refractivity contribution is -0.190. The van der Waals surface area contributed by atoms with Crippen molar-refractivity contribution in [2.75, 3.05) is 31.9 Å². The van der Waals surface area contributed by atoms with E-state index in [2.05, 4.69) is 21.3 Å². The largest absolute Gasteiger partial charge is 0.516 e. The molecule has 2 saturated carbocycles. The molecule has 0 saturated heterocycles. The lowest BCUT2D eigenvalue weighted by Crippen LogP contribution is -2.89. The van der Waals surface area contributed by atoms with Gasteiger partial charge >= 0.3 is 11.9 Å². The lowest BCUT2D eigenvalue weighted by atomic mass is 9.41. The predicted octanol–water partition coefficient (Wildman–Crippen LogP) is 12.2. The van der Waals surface area contributed by atoms with Gasteiger partial charge in [-0.25, -0.2) is 4.79 Å². The molecule has 2 fully saturated rings. The number of hydrogen-bond donors (Lipinski definition) is 8. The van der Waals surface area contributed by atoms with Gasteiger partial charge in [0.1, 0.15) is 11.8 Å². The molecular weight excluding hydrogens is 1090 g/mol. The topological polar surface area (TPSA) is 284 Å². The number of carboxylic acid groups (broad SMARTS) is 2. The summed E-state index contributed by atoms with van der Waals surface area (Å²) in [7, 11) is 4.09. The molecule has 18 nitrogen and oxygen atoms in total. The van der Waals surface area contributed by atoms with E-state index in [1.165, 1.54) is 98.6 Å². The molecule has 7 rings (SSSR count). The van der Waals surface area contributed by atoms with Crippen LogP contribution in [0.25, 0.3) is 0 Å². The summed E-state index contributed by atoms with van der Waals surface area (Å²) in [6.07, 6.45) is 16.0. The minimum atomic E-state index is -2.28. The summed E-state index contributed by atoms with van der Waals surface area (Å²) in [4.78, 5) is 97.1. The van der Waals surface area contributed by atoms with E-state index < -0.39 is 46.7 Å².